The zero-order chi connectivity index (χ0) is 19.7. The molecule has 26 heavy (non-hydrogen) atoms. The normalized spacial score (nSPS) is 15.7. The van der Waals surface area contributed by atoms with Gasteiger partial charge in [0.15, 0.2) is 0 Å². The van der Waals surface area contributed by atoms with Crippen LogP contribution in [0, 0.1) is 18.8 Å². The van der Waals surface area contributed by atoms with Gasteiger partial charge < -0.3 is 5.32 Å². The van der Waals surface area contributed by atoms with Crippen molar-refractivity contribution in [2.75, 3.05) is 13.1 Å². The molecule has 1 aromatic rings. The maximum absolute atomic E-state index is 13.1. The Morgan fingerprint density at radius 3 is 2.35 bits per heavy atom. The summed E-state index contributed by atoms with van der Waals surface area (Å²) >= 11 is 0. The van der Waals surface area contributed by atoms with E-state index in [0.717, 1.165) is 43.5 Å². The van der Waals surface area contributed by atoms with Crippen LogP contribution in [0.4, 0.5) is 13.2 Å². The lowest BCUT2D eigenvalue weighted by Crippen LogP contribution is -2.23. The first kappa shape index (κ1) is 23.0. The van der Waals surface area contributed by atoms with Gasteiger partial charge >= 0.3 is 6.18 Å². The van der Waals surface area contributed by atoms with Crippen molar-refractivity contribution in [3.63, 3.8) is 0 Å². The first-order chi connectivity index (χ1) is 12.2. The first-order valence-corrected chi connectivity index (χ1v) is 10.1. The highest BCUT2D eigenvalue weighted by atomic mass is 19.4. The van der Waals surface area contributed by atoms with E-state index >= 15 is 0 Å². The minimum atomic E-state index is -4.28. The highest BCUT2D eigenvalue weighted by molar-refractivity contribution is 5.35. The van der Waals surface area contributed by atoms with Crippen molar-refractivity contribution in [2.24, 2.45) is 11.8 Å². The van der Waals surface area contributed by atoms with Gasteiger partial charge in [0.05, 0.1) is 5.56 Å². The number of nitrogens with one attached hydrogen (secondary N) is 1. The molecular weight excluding hydrogens is 335 g/mol. The highest BCUT2D eigenvalue weighted by Crippen LogP contribution is 2.37. The molecule has 0 bridgehead atoms. The number of halogens is 3. The fraction of sp³-hybridized carbons (Fsp3) is 0.727. The summed E-state index contributed by atoms with van der Waals surface area (Å²) in [5.41, 5.74) is 1.27. The number of benzene rings is 1. The Morgan fingerprint density at radius 2 is 1.77 bits per heavy atom. The van der Waals surface area contributed by atoms with E-state index in [1.165, 1.54) is 25.0 Å². The molecule has 1 aromatic carbocycles. The third kappa shape index (κ3) is 7.30. The van der Waals surface area contributed by atoms with Gasteiger partial charge in [0.1, 0.15) is 0 Å². The van der Waals surface area contributed by atoms with E-state index in [1.807, 2.05) is 6.92 Å². The Morgan fingerprint density at radius 1 is 1.08 bits per heavy atom. The summed E-state index contributed by atoms with van der Waals surface area (Å²) in [4.78, 5) is 0. The Bertz CT molecular complexity index is 525. The lowest BCUT2D eigenvalue weighted by atomic mass is 9.79. The molecule has 4 heteroatoms. The van der Waals surface area contributed by atoms with Crippen molar-refractivity contribution >= 4 is 0 Å². The predicted molar refractivity (Wildman–Crippen MR) is 105 cm³/mol. The summed E-state index contributed by atoms with van der Waals surface area (Å²) in [6.45, 7) is 12.7. The largest absolute Gasteiger partial charge is 0.416 e. The van der Waals surface area contributed by atoms with Crippen LogP contribution in [0.25, 0.3) is 0 Å². The topological polar surface area (TPSA) is 12.0 Å². The molecule has 0 amide bonds. The molecule has 0 fully saturated rings. The SMILES string of the molecule is CCCCNCC(C)CCC(CC)C(C)c1cc(C(F)(F)F)ccc1C. The highest BCUT2D eigenvalue weighted by Gasteiger charge is 2.31. The molecule has 0 aromatic heterocycles. The van der Waals surface area contributed by atoms with Crippen molar-refractivity contribution in [2.45, 2.75) is 78.8 Å². The third-order valence-corrected chi connectivity index (χ3v) is 5.56. The van der Waals surface area contributed by atoms with Crippen LogP contribution in [0.2, 0.25) is 0 Å². The second kappa shape index (κ2) is 11.0. The zero-order valence-electron chi connectivity index (χ0n) is 17.0. The van der Waals surface area contributed by atoms with Gasteiger partial charge in [0.2, 0.25) is 0 Å². The Hall–Kier alpha value is -1.03. The van der Waals surface area contributed by atoms with E-state index in [0.29, 0.717) is 11.8 Å². The minimum Gasteiger partial charge on any atom is -0.316 e. The number of hydrogen-bond acceptors (Lipinski definition) is 1. The molecule has 0 spiro atoms. The smallest absolute Gasteiger partial charge is 0.316 e. The fourth-order valence-corrected chi connectivity index (χ4v) is 3.62. The van der Waals surface area contributed by atoms with Gasteiger partial charge in [-0.15, -0.1) is 0 Å². The van der Waals surface area contributed by atoms with Crippen LogP contribution < -0.4 is 5.32 Å². The van der Waals surface area contributed by atoms with E-state index in [4.69, 9.17) is 0 Å². The van der Waals surface area contributed by atoms with E-state index in [1.54, 1.807) is 6.07 Å². The van der Waals surface area contributed by atoms with Crippen molar-refractivity contribution in [3.8, 4) is 0 Å². The van der Waals surface area contributed by atoms with Crippen molar-refractivity contribution in [1.29, 1.82) is 0 Å². The fourth-order valence-electron chi connectivity index (χ4n) is 3.62. The second-order valence-corrected chi connectivity index (χ2v) is 7.77. The molecular formula is C22H36F3N. The van der Waals surface area contributed by atoms with Gasteiger partial charge in [-0.3, -0.25) is 0 Å². The van der Waals surface area contributed by atoms with Crippen molar-refractivity contribution in [3.05, 3.63) is 34.9 Å². The molecule has 0 aliphatic rings. The molecule has 3 unspecified atom stereocenters. The van der Waals surface area contributed by atoms with E-state index in [9.17, 15) is 13.2 Å². The summed E-state index contributed by atoms with van der Waals surface area (Å²) in [6.07, 6.45) is 1.29. The number of aryl methyl sites for hydroxylation is 1. The van der Waals surface area contributed by atoms with Crippen LogP contribution in [0.5, 0.6) is 0 Å². The summed E-state index contributed by atoms with van der Waals surface area (Å²) in [6, 6.07) is 4.16. The molecule has 3 atom stereocenters. The Balaban J connectivity index is 2.69. The lowest BCUT2D eigenvalue weighted by molar-refractivity contribution is -0.137. The van der Waals surface area contributed by atoms with Gasteiger partial charge in [-0.05, 0) is 80.3 Å². The summed E-state index contributed by atoms with van der Waals surface area (Å²) < 4.78 is 39.2. The number of hydrogen-bond donors (Lipinski definition) is 1. The van der Waals surface area contributed by atoms with Gasteiger partial charge in [-0.1, -0.05) is 46.6 Å². The maximum atomic E-state index is 13.1. The third-order valence-electron chi connectivity index (χ3n) is 5.56. The molecule has 1 N–H and O–H groups in total. The van der Waals surface area contributed by atoms with Gasteiger partial charge in [-0.2, -0.15) is 13.2 Å². The molecule has 0 saturated carbocycles. The Labute approximate surface area is 157 Å². The summed E-state index contributed by atoms with van der Waals surface area (Å²) in [5, 5.41) is 3.50. The van der Waals surface area contributed by atoms with Crippen molar-refractivity contribution in [1.82, 2.24) is 5.32 Å². The van der Waals surface area contributed by atoms with Crippen LogP contribution in [0.1, 0.15) is 82.4 Å². The molecule has 0 radical (unpaired) electrons. The van der Waals surface area contributed by atoms with Gasteiger partial charge in [0, 0.05) is 0 Å². The van der Waals surface area contributed by atoms with Crippen molar-refractivity contribution < 1.29 is 13.2 Å². The molecule has 1 nitrogen and oxygen atoms in total. The monoisotopic (exact) mass is 371 g/mol. The number of unbranched alkanes of at least 4 members (excludes halogenated alkanes) is 1. The molecule has 0 aliphatic carbocycles. The minimum absolute atomic E-state index is 0.141. The predicted octanol–water partition coefficient (Wildman–Crippen LogP) is 6.95. The van der Waals surface area contributed by atoms with Crippen LogP contribution in [-0.4, -0.2) is 13.1 Å². The van der Waals surface area contributed by atoms with Gasteiger partial charge in [-0.25, -0.2) is 0 Å². The van der Waals surface area contributed by atoms with Gasteiger partial charge in [0.25, 0.3) is 0 Å². The second-order valence-electron chi connectivity index (χ2n) is 7.77. The van der Waals surface area contributed by atoms with Crippen LogP contribution in [-0.2, 0) is 6.18 Å². The molecule has 150 valence electrons. The molecule has 0 heterocycles. The zero-order valence-corrected chi connectivity index (χ0v) is 17.0. The summed E-state index contributed by atoms with van der Waals surface area (Å²) in [5.74, 6) is 1.15. The average Bonchev–Trinajstić information content (AvgIpc) is 2.58. The lowest BCUT2D eigenvalue weighted by Gasteiger charge is -2.26. The van der Waals surface area contributed by atoms with Crippen LogP contribution in [0.15, 0.2) is 18.2 Å². The first-order valence-electron chi connectivity index (χ1n) is 10.1. The molecule has 0 aliphatic heterocycles. The number of alkyl halides is 3. The standard InChI is InChI=1S/C22H36F3N/c1-6-8-13-26-15-16(3)9-11-19(7-2)18(5)21-14-20(22(23,24)25)12-10-17(21)4/h10,12,14,16,18-19,26H,6-9,11,13,15H2,1-5H3. The summed E-state index contributed by atoms with van der Waals surface area (Å²) in [7, 11) is 0. The van der Waals surface area contributed by atoms with E-state index in [-0.39, 0.29) is 5.92 Å². The Kier molecular flexibility index (Phi) is 9.70. The molecule has 0 saturated heterocycles. The van der Waals surface area contributed by atoms with Crippen LogP contribution >= 0.6 is 0 Å². The van der Waals surface area contributed by atoms with E-state index < -0.39 is 11.7 Å². The van der Waals surface area contributed by atoms with Crippen LogP contribution in [0.3, 0.4) is 0 Å². The quantitative estimate of drug-likeness (QED) is 0.415. The average molecular weight is 372 g/mol. The molecule has 1 rings (SSSR count). The van der Waals surface area contributed by atoms with E-state index in [2.05, 4.69) is 33.0 Å². The maximum Gasteiger partial charge on any atom is 0.416 e. The number of rotatable bonds is 11.